The molecule has 2 aliphatic heterocycles. The first-order chi connectivity index (χ1) is 13.6. The molecule has 0 saturated carbocycles. The first kappa shape index (κ1) is 18.7. The summed E-state index contributed by atoms with van der Waals surface area (Å²) in [5.41, 5.74) is 0.979. The maximum atomic E-state index is 13.0. The zero-order chi connectivity index (χ0) is 19.5. The Morgan fingerprint density at radius 2 is 2.04 bits per heavy atom. The van der Waals surface area contributed by atoms with E-state index in [1.165, 1.54) is 0 Å². The van der Waals surface area contributed by atoms with Crippen molar-refractivity contribution in [2.45, 2.75) is 33.0 Å². The zero-order valence-electron chi connectivity index (χ0n) is 16.5. The lowest BCUT2D eigenvalue weighted by Crippen LogP contribution is -2.53. The van der Waals surface area contributed by atoms with E-state index in [1.54, 1.807) is 6.33 Å². The molecule has 0 radical (unpaired) electrons. The Morgan fingerprint density at radius 1 is 1.25 bits per heavy atom. The Hall–Kier alpha value is -2.61. The van der Waals surface area contributed by atoms with Crippen molar-refractivity contribution < 1.29 is 14.3 Å². The van der Waals surface area contributed by atoms with Gasteiger partial charge in [-0.1, -0.05) is 26.0 Å². The van der Waals surface area contributed by atoms with Gasteiger partial charge in [-0.3, -0.25) is 4.79 Å². The number of benzene rings is 1. The largest absolute Gasteiger partial charge is 0.477 e. The third-order valence-corrected chi connectivity index (χ3v) is 5.03. The predicted octanol–water partition coefficient (Wildman–Crippen LogP) is 1.56. The van der Waals surface area contributed by atoms with Crippen LogP contribution in [0.1, 0.15) is 19.7 Å². The number of nitrogens with zero attached hydrogens (tertiary/aromatic N) is 5. The van der Waals surface area contributed by atoms with E-state index in [9.17, 15) is 4.79 Å². The highest BCUT2D eigenvalue weighted by Crippen LogP contribution is 2.34. The molecule has 0 bridgehead atoms. The molecule has 0 N–H and O–H groups in total. The number of hydrogen-bond donors (Lipinski definition) is 0. The summed E-state index contributed by atoms with van der Waals surface area (Å²) in [5.74, 6) is 2.12. The Labute approximate surface area is 165 Å². The number of rotatable bonds is 5. The second-order valence-corrected chi connectivity index (χ2v) is 7.64. The van der Waals surface area contributed by atoms with Crippen LogP contribution in [0.15, 0.2) is 30.6 Å². The first-order valence-electron chi connectivity index (χ1n) is 9.85. The quantitative estimate of drug-likeness (QED) is 0.778. The molecule has 4 rings (SSSR count). The third kappa shape index (κ3) is 3.96. The van der Waals surface area contributed by atoms with Crippen molar-refractivity contribution in [3.63, 3.8) is 0 Å². The summed E-state index contributed by atoms with van der Waals surface area (Å²) in [6, 6.07) is 7.85. The summed E-state index contributed by atoms with van der Waals surface area (Å²) in [6.07, 6.45) is 1.06. The van der Waals surface area contributed by atoms with E-state index in [-0.39, 0.29) is 5.91 Å². The van der Waals surface area contributed by atoms with E-state index in [1.807, 2.05) is 33.8 Å². The summed E-state index contributed by atoms with van der Waals surface area (Å²) in [4.78, 5) is 21.5. The minimum absolute atomic E-state index is 0.0199. The summed E-state index contributed by atoms with van der Waals surface area (Å²) in [6.45, 7) is 8.60. The topological polar surface area (TPSA) is 72.7 Å². The Bertz CT molecular complexity index is 816. The van der Waals surface area contributed by atoms with Crippen LogP contribution in [0.3, 0.4) is 0 Å². The molecule has 2 aromatic rings. The van der Waals surface area contributed by atoms with E-state index in [0.717, 1.165) is 23.8 Å². The van der Waals surface area contributed by atoms with E-state index < -0.39 is 6.10 Å². The molecule has 2 aliphatic rings. The third-order valence-electron chi connectivity index (χ3n) is 5.03. The van der Waals surface area contributed by atoms with Gasteiger partial charge in [0.2, 0.25) is 0 Å². The van der Waals surface area contributed by atoms with Gasteiger partial charge in [0.1, 0.15) is 17.9 Å². The summed E-state index contributed by atoms with van der Waals surface area (Å²) in [5, 5.41) is 4.36. The fraction of sp³-hybridized carbons (Fsp3) is 0.550. The van der Waals surface area contributed by atoms with Gasteiger partial charge in [0.15, 0.2) is 6.10 Å². The summed E-state index contributed by atoms with van der Waals surface area (Å²) >= 11 is 0. The highest BCUT2D eigenvalue weighted by atomic mass is 16.5. The van der Waals surface area contributed by atoms with Crippen LogP contribution >= 0.6 is 0 Å². The van der Waals surface area contributed by atoms with Gasteiger partial charge in [-0.25, -0.2) is 9.67 Å². The summed E-state index contributed by atoms with van der Waals surface area (Å²) < 4.78 is 13.4. The van der Waals surface area contributed by atoms with Gasteiger partial charge in [-0.15, -0.1) is 0 Å². The van der Waals surface area contributed by atoms with Gasteiger partial charge in [-0.05, 0) is 18.1 Å². The molecular weight excluding hydrogens is 358 g/mol. The molecule has 0 aliphatic carbocycles. The van der Waals surface area contributed by atoms with Crippen LogP contribution in [0, 0.1) is 5.92 Å². The smallest absolute Gasteiger partial charge is 0.265 e. The molecule has 1 atom stereocenters. The Balaban J connectivity index is 1.56. The van der Waals surface area contributed by atoms with Crippen molar-refractivity contribution >= 4 is 11.6 Å². The molecule has 1 amide bonds. The average Bonchev–Trinajstić information content (AvgIpc) is 3.14. The summed E-state index contributed by atoms with van der Waals surface area (Å²) in [7, 11) is 0. The van der Waals surface area contributed by atoms with Gasteiger partial charge in [0, 0.05) is 19.6 Å². The van der Waals surface area contributed by atoms with Crippen LogP contribution in [-0.2, 0) is 22.6 Å². The van der Waals surface area contributed by atoms with Gasteiger partial charge in [-0.2, -0.15) is 5.10 Å². The number of fused-ring (bicyclic) bond motifs is 1. The van der Waals surface area contributed by atoms with E-state index in [4.69, 9.17) is 9.47 Å². The van der Waals surface area contributed by atoms with Crippen molar-refractivity contribution in [2.75, 3.05) is 37.7 Å². The lowest BCUT2D eigenvalue weighted by Gasteiger charge is -2.38. The van der Waals surface area contributed by atoms with Crippen LogP contribution in [-0.4, -0.2) is 64.5 Å². The van der Waals surface area contributed by atoms with Crippen LogP contribution in [0.25, 0.3) is 0 Å². The molecule has 1 unspecified atom stereocenters. The van der Waals surface area contributed by atoms with Crippen molar-refractivity contribution in [1.29, 1.82) is 0 Å². The minimum atomic E-state index is -0.533. The molecule has 1 aromatic heterocycles. The van der Waals surface area contributed by atoms with Gasteiger partial charge >= 0.3 is 0 Å². The molecule has 1 fully saturated rings. The number of hydrogen-bond acceptors (Lipinski definition) is 6. The highest BCUT2D eigenvalue weighted by molar-refractivity contribution is 5.83. The molecule has 8 nitrogen and oxygen atoms in total. The van der Waals surface area contributed by atoms with E-state index in [0.29, 0.717) is 45.3 Å². The number of anilines is 1. The molecule has 0 spiro atoms. The van der Waals surface area contributed by atoms with Gasteiger partial charge < -0.3 is 19.3 Å². The molecule has 3 heterocycles. The zero-order valence-corrected chi connectivity index (χ0v) is 16.5. The second kappa shape index (κ2) is 8.18. The molecule has 1 saturated heterocycles. The number of aromatic nitrogens is 3. The fourth-order valence-corrected chi connectivity index (χ4v) is 3.65. The monoisotopic (exact) mass is 385 g/mol. The number of morpholine rings is 1. The molecule has 1 aromatic carbocycles. The number of amides is 1. The van der Waals surface area contributed by atoms with Gasteiger partial charge in [0.05, 0.1) is 32.0 Å². The molecule has 28 heavy (non-hydrogen) atoms. The SMILES string of the molecule is CC(C)Cn1ncnc1CN1CC(C(=O)N2CCOCC2)Oc2ccccc21. The van der Waals surface area contributed by atoms with E-state index in [2.05, 4.69) is 28.8 Å². The molecule has 150 valence electrons. The second-order valence-electron chi connectivity index (χ2n) is 7.64. The van der Waals surface area contributed by atoms with Gasteiger partial charge in [0.25, 0.3) is 5.91 Å². The van der Waals surface area contributed by atoms with Crippen molar-refractivity contribution in [3.8, 4) is 5.75 Å². The number of carbonyl (C=O) groups is 1. The van der Waals surface area contributed by atoms with Crippen LogP contribution < -0.4 is 9.64 Å². The Kier molecular flexibility index (Phi) is 5.47. The first-order valence-corrected chi connectivity index (χ1v) is 9.85. The fourth-order valence-electron chi connectivity index (χ4n) is 3.65. The van der Waals surface area contributed by atoms with E-state index >= 15 is 0 Å². The predicted molar refractivity (Wildman–Crippen MR) is 104 cm³/mol. The highest BCUT2D eigenvalue weighted by Gasteiger charge is 2.34. The Morgan fingerprint density at radius 3 is 2.82 bits per heavy atom. The number of ether oxygens (including phenoxy) is 2. The normalized spacial score (nSPS) is 19.5. The van der Waals surface area contributed by atoms with Crippen LogP contribution in [0.5, 0.6) is 5.75 Å². The molecular formula is C20H27N5O3. The number of carbonyl (C=O) groups excluding carboxylic acids is 1. The maximum Gasteiger partial charge on any atom is 0.265 e. The van der Waals surface area contributed by atoms with Crippen LogP contribution in [0.2, 0.25) is 0 Å². The maximum absolute atomic E-state index is 13.0. The average molecular weight is 385 g/mol. The molecule has 8 heteroatoms. The lowest BCUT2D eigenvalue weighted by atomic mass is 10.1. The standard InChI is InChI=1S/C20H27N5O3/c1-15(2)11-25-19(21-14-22-25)13-24-12-18(20(26)23-7-9-27-10-8-23)28-17-6-4-3-5-16(17)24/h3-6,14-15,18H,7-13H2,1-2H3. The number of para-hydroxylation sites is 2. The van der Waals surface area contributed by atoms with Crippen molar-refractivity contribution in [3.05, 3.63) is 36.4 Å². The minimum Gasteiger partial charge on any atom is -0.477 e. The van der Waals surface area contributed by atoms with Crippen molar-refractivity contribution in [1.82, 2.24) is 19.7 Å². The lowest BCUT2D eigenvalue weighted by molar-refractivity contribution is -0.142. The van der Waals surface area contributed by atoms with Crippen LogP contribution in [0.4, 0.5) is 5.69 Å². The van der Waals surface area contributed by atoms with Crippen molar-refractivity contribution in [2.24, 2.45) is 5.92 Å².